The number of pyridine rings is 1. The van der Waals surface area contributed by atoms with Crippen LogP contribution < -0.4 is 19.5 Å². The van der Waals surface area contributed by atoms with Crippen molar-refractivity contribution in [1.29, 1.82) is 0 Å². The van der Waals surface area contributed by atoms with Gasteiger partial charge in [0.25, 0.3) is 17.7 Å². The number of para-hydroxylation sites is 1. The molecule has 3 aromatic rings. The lowest BCUT2D eigenvalue weighted by Crippen LogP contribution is -2.51. The smallest absolute Gasteiger partial charge is 0.387 e. The average molecular weight is 512 g/mol. The Labute approximate surface area is 213 Å². The van der Waals surface area contributed by atoms with E-state index >= 15 is 0 Å². The number of carbonyl (C=O) groups excluding carboxylic acids is 2. The van der Waals surface area contributed by atoms with E-state index in [9.17, 15) is 18.4 Å². The molecule has 0 bridgehead atoms. The van der Waals surface area contributed by atoms with Gasteiger partial charge >= 0.3 is 6.61 Å². The van der Waals surface area contributed by atoms with Gasteiger partial charge in [-0.05, 0) is 24.1 Å². The molecule has 0 unspecified atom stereocenters. The summed E-state index contributed by atoms with van der Waals surface area (Å²) < 4.78 is 40.7. The fourth-order valence-electron chi connectivity index (χ4n) is 4.48. The number of likely N-dealkylation sites (tertiary alicyclic amines) is 1. The van der Waals surface area contributed by atoms with E-state index in [1.165, 1.54) is 38.6 Å². The van der Waals surface area contributed by atoms with E-state index < -0.39 is 12.5 Å². The number of hydrogen-bond donors (Lipinski definition) is 1. The molecule has 1 N–H and O–H groups in total. The lowest BCUT2D eigenvalue weighted by Gasteiger charge is -2.39. The molecule has 0 spiro atoms. The van der Waals surface area contributed by atoms with E-state index in [1.54, 1.807) is 17.0 Å². The highest BCUT2D eigenvalue weighted by Gasteiger charge is 2.34. The largest absolute Gasteiger partial charge is 0.491 e. The Balaban J connectivity index is 1.56. The first-order valence-corrected chi connectivity index (χ1v) is 11.7. The number of hydrogen-bond acceptors (Lipinski definition) is 6. The molecule has 0 radical (unpaired) electrons. The molecule has 0 saturated carbocycles. The van der Waals surface area contributed by atoms with Gasteiger partial charge < -0.3 is 24.4 Å². The molecule has 8 nitrogen and oxygen atoms in total. The molecule has 0 aliphatic carbocycles. The number of rotatable bonds is 8. The van der Waals surface area contributed by atoms with E-state index in [-0.39, 0.29) is 35.1 Å². The summed E-state index contributed by atoms with van der Waals surface area (Å²) in [6.45, 7) is -2.35. The van der Waals surface area contributed by atoms with Crippen molar-refractivity contribution in [1.82, 2.24) is 15.2 Å². The summed E-state index contributed by atoms with van der Waals surface area (Å²) in [5.74, 6) is -0.557. The zero-order valence-corrected chi connectivity index (χ0v) is 20.4. The van der Waals surface area contributed by atoms with E-state index in [0.717, 1.165) is 5.56 Å². The van der Waals surface area contributed by atoms with Crippen molar-refractivity contribution in [3.63, 3.8) is 0 Å². The highest BCUT2D eigenvalue weighted by molar-refractivity contribution is 5.97. The maximum atomic E-state index is 13.4. The van der Waals surface area contributed by atoms with Crippen molar-refractivity contribution >= 4 is 11.8 Å². The number of nitrogens with one attached hydrogen (secondary N) is 1. The summed E-state index contributed by atoms with van der Waals surface area (Å²) in [7, 11) is 2.94. The van der Waals surface area contributed by atoms with Crippen LogP contribution in [0.25, 0.3) is 0 Å². The van der Waals surface area contributed by atoms with Crippen molar-refractivity contribution in [3.8, 4) is 17.4 Å². The first kappa shape index (κ1) is 25.9. The molecule has 1 aliphatic rings. The van der Waals surface area contributed by atoms with Gasteiger partial charge in [0.1, 0.15) is 5.75 Å². The first-order chi connectivity index (χ1) is 17.9. The number of carbonyl (C=O) groups is 2. The monoisotopic (exact) mass is 511 g/mol. The normalized spacial score (nSPS) is 17.3. The molecule has 1 aromatic heterocycles. The molecular weight excluding hydrogens is 484 g/mol. The standard InChI is InChI=1S/C27H27F2N3O5/c1-35-23-14-18(15-30-25(23)36-2)26(34)32-13-12-21(20(16-32)17-8-4-3-5-9-17)31-24(33)19-10-6-7-11-22(19)37-27(28)29/h3-11,14-15,20-21,27H,12-13,16H2,1-2H3,(H,31,33)/t20-,21+/m0/s1. The predicted molar refractivity (Wildman–Crippen MR) is 131 cm³/mol. The highest BCUT2D eigenvalue weighted by atomic mass is 19.3. The zero-order valence-electron chi connectivity index (χ0n) is 20.4. The lowest BCUT2D eigenvalue weighted by atomic mass is 9.85. The van der Waals surface area contributed by atoms with Gasteiger partial charge in [0.2, 0.25) is 0 Å². The van der Waals surface area contributed by atoms with E-state index in [0.29, 0.717) is 30.8 Å². The molecule has 4 rings (SSSR count). The molecule has 37 heavy (non-hydrogen) atoms. The first-order valence-electron chi connectivity index (χ1n) is 11.7. The molecule has 2 heterocycles. The molecule has 1 saturated heterocycles. The van der Waals surface area contributed by atoms with Gasteiger partial charge in [0.05, 0.1) is 25.3 Å². The maximum absolute atomic E-state index is 13.4. The van der Waals surface area contributed by atoms with Crippen LogP contribution in [-0.2, 0) is 0 Å². The van der Waals surface area contributed by atoms with Crippen LogP contribution >= 0.6 is 0 Å². The third-order valence-electron chi connectivity index (χ3n) is 6.27. The number of piperidine rings is 1. The van der Waals surface area contributed by atoms with E-state index in [1.807, 2.05) is 30.3 Å². The Morgan fingerprint density at radius 1 is 1.03 bits per heavy atom. The summed E-state index contributed by atoms with van der Waals surface area (Å²) in [4.78, 5) is 32.3. The minimum atomic E-state index is -3.05. The predicted octanol–water partition coefficient (Wildman–Crippen LogP) is 4.13. The molecule has 2 aromatic carbocycles. The van der Waals surface area contributed by atoms with Crippen LogP contribution in [0.5, 0.6) is 17.4 Å². The van der Waals surface area contributed by atoms with E-state index in [2.05, 4.69) is 15.0 Å². The topological polar surface area (TPSA) is 90.0 Å². The van der Waals surface area contributed by atoms with Gasteiger partial charge in [-0.25, -0.2) is 4.98 Å². The van der Waals surface area contributed by atoms with Crippen LogP contribution in [-0.4, -0.2) is 61.7 Å². The zero-order chi connectivity index (χ0) is 26.4. The highest BCUT2D eigenvalue weighted by Crippen LogP contribution is 2.31. The Hall–Kier alpha value is -4.21. The molecule has 2 amide bonds. The molecule has 10 heteroatoms. The van der Waals surface area contributed by atoms with Crippen LogP contribution in [0.4, 0.5) is 8.78 Å². The van der Waals surface area contributed by atoms with Crippen molar-refractivity contribution in [2.75, 3.05) is 27.3 Å². The number of methoxy groups -OCH3 is 2. The van der Waals surface area contributed by atoms with Crippen LogP contribution in [0, 0.1) is 0 Å². The van der Waals surface area contributed by atoms with Crippen molar-refractivity contribution in [2.45, 2.75) is 25.0 Å². The molecule has 1 fully saturated rings. The number of amides is 2. The summed E-state index contributed by atoms with van der Waals surface area (Å²) in [5.41, 5.74) is 1.31. The fraction of sp³-hybridized carbons (Fsp3) is 0.296. The SMILES string of the molecule is COc1cc(C(=O)N2CC[C@@H](NC(=O)c3ccccc3OC(F)F)[C@H](c3ccccc3)C2)cnc1OC. The second kappa shape index (κ2) is 11.7. The van der Waals surface area contributed by atoms with Crippen molar-refractivity contribution in [2.24, 2.45) is 0 Å². The minimum Gasteiger partial charge on any atom is -0.491 e. The third kappa shape index (κ3) is 5.96. The Morgan fingerprint density at radius 2 is 1.76 bits per heavy atom. The van der Waals surface area contributed by atoms with Gasteiger partial charge in [0.15, 0.2) is 5.75 Å². The van der Waals surface area contributed by atoms with Crippen molar-refractivity contribution in [3.05, 3.63) is 83.6 Å². The number of alkyl halides is 2. The van der Waals surface area contributed by atoms with Gasteiger partial charge in [-0.15, -0.1) is 0 Å². The molecule has 194 valence electrons. The fourth-order valence-corrected chi connectivity index (χ4v) is 4.48. The van der Waals surface area contributed by atoms with Crippen molar-refractivity contribution < 1.29 is 32.6 Å². The molecule has 2 atom stereocenters. The quantitative estimate of drug-likeness (QED) is 0.489. The number of aromatic nitrogens is 1. The van der Waals surface area contributed by atoms with Crippen LogP contribution in [0.1, 0.15) is 38.6 Å². The maximum Gasteiger partial charge on any atom is 0.387 e. The minimum absolute atomic E-state index is 0.0181. The average Bonchev–Trinajstić information content (AvgIpc) is 2.92. The number of benzene rings is 2. The number of nitrogens with zero attached hydrogens (tertiary/aromatic N) is 2. The Morgan fingerprint density at radius 3 is 2.46 bits per heavy atom. The van der Waals surface area contributed by atoms with Gasteiger partial charge in [-0.3, -0.25) is 9.59 Å². The number of halogens is 2. The summed E-state index contributed by atoms with van der Waals surface area (Å²) in [6, 6.07) is 16.6. The molecule has 1 aliphatic heterocycles. The summed E-state index contributed by atoms with van der Waals surface area (Å²) in [5, 5.41) is 2.98. The Kier molecular flexibility index (Phi) is 8.17. The Bertz CT molecular complexity index is 1240. The van der Waals surface area contributed by atoms with Crippen LogP contribution in [0.15, 0.2) is 66.9 Å². The number of ether oxygens (including phenoxy) is 3. The van der Waals surface area contributed by atoms with Gasteiger partial charge in [-0.2, -0.15) is 8.78 Å². The lowest BCUT2D eigenvalue weighted by molar-refractivity contribution is -0.0501. The second-order valence-electron chi connectivity index (χ2n) is 8.45. The van der Waals surface area contributed by atoms with Gasteiger partial charge in [-0.1, -0.05) is 42.5 Å². The van der Waals surface area contributed by atoms with E-state index in [4.69, 9.17) is 9.47 Å². The van der Waals surface area contributed by atoms with Crippen LogP contribution in [0.2, 0.25) is 0 Å². The third-order valence-corrected chi connectivity index (χ3v) is 6.27. The van der Waals surface area contributed by atoms with Crippen LogP contribution in [0.3, 0.4) is 0 Å². The second-order valence-corrected chi connectivity index (χ2v) is 8.45. The molecular formula is C27H27F2N3O5. The summed E-state index contributed by atoms with van der Waals surface area (Å²) in [6.07, 6.45) is 1.89. The van der Waals surface area contributed by atoms with Gasteiger partial charge in [0, 0.05) is 37.3 Å². The summed E-state index contributed by atoms with van der Waals surface area (Å²) >= 11 is 0.